The molecule has 0 saturated heterocycles. The van der Waals surface area contributed by atoms with Crippen molar-refractivity contribution in [3.05, 3.63) is 58.9 Å². The molecule has 1 fully saturated rings. The summed E-state index contributed by atoms with van der Waals surface area (Å²) in [6, 6.07) is 9.40. The number of halogens is 3. The summed E-state index contributed by atoms with van der Waals surface area (Å²) in [4.78, 5) is 20.7. The molecule has 0 bridgehead atoms. The summed E-state index contributed by atoms with van der Waals surface area (Å²) in [5, 5.41) is 2.94. The van der Waals surface area contributed by atoms with E-state index in [2.05, 4.69) is 29.0 Å². The SMILES string of the molecule is CCS(=O)c1ccc(CNC(=O)c2cnc3c(c2)CN(CC2CCC(C(F)(F)F)CC2)C3C(C)C)cc1. The minimum absolute atomic E-state index is 0.0969. The van der Waals surface area contributed by atoms with Gasteiger partial charge in [-0.15, -0.1) is 0 Å². The standard InChI is InChI=1S/C28H36F3N3O2S/c1-4-37(36)24-11-7-19(8-12-24)14-33-27(35)21-13-22-17-34(26(18(2)3)25(22)32-15-21)16-20-5-9-23(10-6-20)28(29,30)31/h7-8,11-13,15,18,20,23,26H,4-6,9-10,14,16-17H2,1-3H3,(H,33,35). The minimum Gasteiger partial charge on any atom is -0.348 e. The van der Waals surface area contributed by atoms with E-state index in [1.165, 1.54) is 0 Å². The zero-order chi connectivity index (χ0) is 26.7. The lowest BCUT2D eigenvalue weighted by Crippen LogP contribution is -2.35. The predicted molar refractivity (Wildman–Crippen MR) is 138 cm³/mol. The largest absolute Gasteiger partial charge is 0.391 e. The maximum Gasteiger partial charge on any atom is 0.391 e. The molecule has 2 aromatic rings. The van der Waals surface area contributed by atoms with Crippen molar-refractivity contribution in [2.45, 2.75) is 76.7 Å². The van der Waals surface area contributed by atoms with E-state index in [4.69, 9.17) is 0 Å². The van der Waals surface area contributed by atoms with Gasteiger partial charge >= 0.3 is 6.18 Å². The maximum atomic E-state index is 13.1. The van der Waals surface area contributed by atoms with E-state index in [1.54, 1.807) is 6.20 Å². The molecular formula is C28H36F3N3O2S. The Kier molecular flexibility index (Phi) is 8.74. The summed E-state index contributed by atoms with van der Waals surface area (Å²) >= 11 is 0. The molecule has 2 heterocycles. The first kappa shape index (κ1) is 27.8. The first-order chi connectivity index (χ1) is 17.6. The van der Waals surface area contributed by atoms with Gasteiger partial charge in [-0.25, -0.2) is 0 Å². The van der Waals surface area contributed by atoms with Crippen LogP contribution in [0.15, 0.2) is 41.4 Å². The molecule has 5 nitrogen and oxygen atoms in total. The molecule has 2 unspecified atom stereocenters. The fourth-order valence-corrected chi connectivity index (χ4v) is 6.43. The van der Waals surface area contributed by atoms with Gasteiger partial charge in [-0.3, -0.25) is 18.9 Å². The number of rotatable bonds is 8. The number of aromatic nitrogens is 1. The van der Waals surface area contributed by atoms with E-state index in [9.17, 15) is 22.2 Å². The van der Waals surface area contributed by atoms with Crippen molar-refractivity contribution in [2.24, 2.45) is 17.8 Å². The van der Waals surface area contributed by atoms with Crippen molar-refractivity contribution in [3.63, 3.8) is 0 Å². The summed E-state index contributed by atoms with van der Waals surface area (Å²) in [5.74, 6) is -0.263. The van der Waals surface area contributed by atoms with Crippen molar-refractivity contribution in [3.8, 4) is 0 Å². The molecule has 1 saturated carbocycles. The number of hydrogen-bond acceptors (Lipinski definition) is 4. The average Bonchev–Trinajstić information content (AvgIpc) is 3.24. The second kappa shape index (κ2) is 11.6. The van der Waals surface area contributed by atoms with Gasteiger partial charge in [-0.05, 0) is 66.8 Å². The molecular weight excluding hydrogens is 499 g/mol. The van der Waals surface area contributed by atoms with Gasteiger partial charge in [0.2, 0.25) is 0 Å². The van der Waals surface area contributed by atoms with Crippen LogP contribution in [0.1, 0.15) is 79.7 Å². The Morgan fingerprint density at radius 3 is 2.43 bits per heavy atom. The van der Waals surface area contributed by atoms with Crippen LogP contribution in [0.2, 0.25) is 0 Å². The fraction of sp³-hybridized carbons (Fsp3) is 0.571. The van der Waals surface area contributed by atoms with Crippen LogP contribution >= 0.6 is 0 Å². The molecule has 2 atom stereocenters. The number of hydrogen-bond donors (Lipinski definition) is 1. The number of fused-ring (bicyclic) bond motifs is 1. The number of carbonyl (C=O) groups is 1. The summed E-state index contributed by atoms with van der Waals surface area (Å²) in [5.41, 5.74) is 3.40. The Morgan fingerprint density at radius 2 is 1.84 bits per heavy atom. The molecule has 0 radical (unpaired) electrons. The quantitative estimate of drug-likeness (QED) is 0.449. The van der Waals surface area contributed by atoms with Crippen LogP contribution in [0.3, 0.4) is 0 Å². The van der Waals surface area contributed by atoms with Gasteiger partial charge in [-0.1, -0.05) is 32.9 Å². The van der Waals surface area contributed by atoms with Crippen molar-refractivity contribution in [1.29, 1.82) is 0 Å². The van der Waals surface area contributed by atoms with Crippen LogP contribution in [0.4, 0.5) is 13.2 Å². The van der Waals surface area contributed by atoms with Gasteiger partial charge in [0.25, 0.3) is 5.91 Å². The van der Waals surface area contributed by atoms with Crippen molar-refractivity contribution in [2.75, 3.05) is 12.3 Å². The van der Waals surface area contributed by atoms with Crippen molar-refractivity contribution < 1.29 is 22.2 Å². The smallest absolute Gasteiger partial charge is 0.348 e. The molecule has 2 aliphatic rings. The second-order valence-electron chi connectivity index (χ2n) is 10.6. The third-order valence-electron chi connectivity index (χ3n) is 7.65. The highest BCUT2D eigenvalue weighted by Gasteiger charge is 2.42. The minimum atomic E-state index is -4.09. The Labute approximate surface area is 219 Å². The summed E-state index contributed by atoms with van der Waals surface area (Å²) in [6.07, 6.45) is -0.854. The third kappa shape index (κ3) is 6.60. The van der Waals surface area contributed by atoms with Crippen LogP contribution in [0.25, 0.3) is 0 Å². The molecule has 1 aromatic heterocycles. The van der Waals surface area contributed by atoms with Gasteiger partial charge in [0, 0.05) is 36.5 Å². The van der Waals surface area contributed by atoms with Crippen LogP contribution in [-0.4, -0.2) is 38.5 Å². The van der Waals surface area contributed by atoms with Crippen LogP contribution < -0.4 is 5.32 Å². The monoisotopic (exact) mass is 535 g/mol. The molecule has 37 heavy (non-hydrogen) atoms. The number of nitrogens with one attached hydrogen (secondary N) is 1. The van der Waals surface area contributed by atoms with E-state index in [0.29, 0.717) is 43.2 Å². The van der Waals surface area contributed by atoms with Crippen molar-refractivity contribution in [1.82, 2.24) is 15.2 Å². The summed E-state index contributed by atoms with van der Waals surface area (Å²) in [7, 11) is -1.00. The lowest BCUT2D eigenvalue weighted by molar-refractivity contribution is -0.184. The van der Waals surface area contributed by atoms with E-state index >= 15 is 0 Å². The van der Waals surface area contributed by atoms with Crippen LogP contribution in [0, 0.1) is 17.8 Å². The fourth-order valence-electron chi connectivity index (χ4n) is 5.66. The van der Waals surface area contributed by atoms with Gasteiger partial charge in [0.15, 0.2) is 0 Å². The molecule has 4 rings (SSSR count). The number of alkyl halides is 3. The highest BCUT2D eigenvalue weighted by Crippen LogP contribution is 2.43. The van der Waals surface area contributed by atoms with Crippen molar-refractivity contribution >= 4 is 16.7 Å². The lowest BCUT2D eigenvalue weighted by Gasteiger charge is -2.35. The first-order valence-corrected chi connectivity index (χ1v) is 14.4. The molecule has 202 valence electrons. The van der Waals surface area contributed by atoms with E-state index in [-0.39, 0.29) is 30.7 Å². The molecule has 1 aliphatic heterocycles. The van der Waals surface area contributed by atoms with Gasteiger partial charge in [0.05, 0.1) is 34.0 Å². The normalized spacial score (nSPS) is 23.2. The van der Waals surface area contributed by atoms with Gasteiger partial charge < -0.3 is 5.32 Å². The highest BCUT2D eigenvalue weighted by molar-refractivity contribution is 7.85. The number of nitrogens with zero attached hydrogens (tertiary/aromatic N) is 2. The second-order valence-corrected chi connectivity index (χ2v) is 12.3. The lowest BCUT2D eigenvalue weighted by atomic mass is 9.81. The van der Waals surface area contributed by atoms with Gasteiger partial charge in [0.1, 0.15) is 0 Å². The molecule has 1 N–H and O–H groups in total. The number of benzene rings is 1. The first-order valence-electron chi connectivity index (χ1n) is 13.1. The topological polar surface area (TPSA) is 62.3 Å². The van der Waals surface area contributed by atoms with Crippen LogP contribution in [-0.2, 0) is 23.9 Å². The number of amides is 1. The summed E-state index contributed by atoms with van der Waals surface area (Å²) in [6.45, 7) is 7.91. The number of carbonyl (C=O) groups excluding carboxylic acids is 1. The zero-order valence-corrected chi connectivity index (χ0v) is 22.5. The van der Waals surface area contributed by atoms with Crippen LogP contribution in [0.5, 0.6) is 0 Å². The Balaban J connectivity index is 1.38. The van der Waals surface area contributed by atoms with Gasteiger partial charge in [-0.2, -0.15) is 13.2 Å². The van der Waals surface area contributed by atoms with E-state index in [1.807, 2.05) is 37.3 Å². The highest BCUT2D eigenvalue weighted by atomic mass is 32.2. The maximum absolute atomic E-state index is 13.1. The average molecular weight is 536 g/mol. The molecule has 0 spiro atoms. The molecule has 1 amide bonds. The predicted octanol–water partition coefficient (Wildman–Crippen LogP) is 6.02. The van der Waals surface area contributed by atoms with E-state index in [0.717, 1.165) is 28.3 Å². The number of pyridine rings is 1. The zero-order valence-electron chi connectivity index (χ0n) is 21.7. The molecule has 1 aromatic carbocycles. The Hall–Kier alpha value is -2.26. The molecule has 1 aliphatic carbocycles. The van der Waals surface area contributed by atoms with E-state index < -0.39 is 22.9 Å². The third-order valence-corrected chi connectivity index (χ3v) is 8.97. The summed E-state index contributed by atoms with van der Waals surface area (Å²) < 4.78 is 51.1. The Bertz CT molecular complexity index is 1110. The Morgan fingerprint density at radius 1 is 1.16 bits per heavy atom. The molecule has 9 heteroatoms.